The third kappa shape index (κ3) is 3.81. The number of aliphatic hydroxyl groups is 1. The molecule has 20 heavy (non-hydrogen) atoms. The molecular formula is C16H24N2O2. The first-order chi connectivity index (χ1) is 9.58. The van der Waals surface area contributed by atoms with Gasteiger partial charge in [-0.25, -0.2) is 0 Å². The maximum atomic E-state index is 12.0. The smallest absolute Gasteiger partial charge is 0.222 e. The van der Waals surface area contributed by atoms with Crippen LogP contribution in [-0.2, 0) is 4.79 Å². The topological polar surface area (TPSA) is 52.6 Å². The molecule has 1 heterocycles. The van der Waals surface area contributed by atoms with Crippen LogP contribution in [0.2, 0.25) is 0 Å². The third-order valence-corrected chi connectivity index (χ3v) is 4.02. The van der Waals surface area contributed by atoms with Crippen molar-refractivity contribution in [1.82, 2.24) is 10.2 Å². The van der Waals surface area contributed by atoms with E-state index in [9.17, 15) is 9.90 Å². The molecule has 0 bridgehead atoms. The number of carbonyl (C=O) groups is 1. The molecule has 1 aliphatic rings. The molecule has 1 aliphatic heterocycles. The summed E-state index contributed by atoms with van der Waals surface area (Å²) in [5.41, 5.74) is 3.30. The molecule has 1 saturated heterocycles. The van der Waals surface area contributed by atoms with Crippen LogP contribution in [0.1, 0.15) is 35.6 Å². The van der Waals surface area contributed by atoms with Gasteiger partial charge < -0.3 is 15.3 Å². The molecule has 1 atom stereocenters. The van der Waals surface area contributed by atoms with E-state index < -0.39 is 6.10 Å². The number of piperazine rings is 1. The second-order valence-corrected chi connectivity index (χ2v) is 5.53. The standard InChI is InChI=1S/C16H24N2O2/c1-12-3-4-14(11-13(12)2)15(19)5-6-16(20)18-9-7-17-8-10-18/h3-4,11,15,17,19H,5-10H2,1-2H3. The summed E-state index contributed by atoms with van der Waals surface area (Å²) in [5, 5.41) is 13.4. The van der Waals surface area contributed by atoms with Gasteiger partial charge in [-0.05, 0) is 37.0 Å². The van der Waals surface area contributed by atoms with Gasteiger partial charge >= 0.3 is 0 Å². The molecule has 0 saturated carbocycles. The molecule has 0 aromatic heterocycles. The Labute approximate surface area is 120 Å². The van der Waals surface area contributed by atoms with Gasteiger partial charge in [0, 0.05) is 32.6 Å². The summed E-state index contributed by atoms with van der Waals surface area (Å²) in [6, 6.07) is 5.98. The van der Waals surface area contributed by atoms with Crippen molar-refractivity contribution >= 4 is 5.91 Å². The first-order valence-corrected chi connectivity index (χ1v) is 7.31. The van der Waals surface area contributed by atoms with Crippen LogP contribution in [0.4, 0.5) is 0 Å². The summed E-state index contributed by atoms with van der Waals surface area (Å²) in [4.78, 5) is 13.9. The minimum atomic E-state index is -0.554. The van der Waals surface area contributed by atoms with Crippen LogP contribution in [0.3, 0.4) is 0 Å². The van der Waals surface area contributed by atoms with Crippen LogP contribution < -0.4 is 5.32 Å². The van der Waals surface area contributed by atoms with Crippen molar-refractivity contribution in [2.24, 2.45) is 0 Å². The van der Waals surface area contributed by atoms with Gasteiger partial charge in [0.2, 0.25) is 5.91 Å². The largest absolute Gasteiger partial charge is 0.388 e. The van der Waals surface area contributed by atoms with E-state index in [0.29, 0.717) is 12.8 Å². The molecule has 2 N–H and O–H groups in total. The highest BCUT2D eigenvalue weighted by molar-refractivity contribution is 5.76. The lowest BCUT2D eigenvalue weighted by Crippen LogP contribution is -2.46. The maximum absolute atomic E-state index is 12.0. The van der Waals surface area contributed by atoms with Gasteiger partial charge in [0.1, 0.15) is 0 Å². The summed E-state index contributed by atoms with van der Waals surface area (Å²) in [6.07, 6.45) is 0.348. The second-order valence-electron chi connectivity index (χ2n) is 5.53. The number of hydrogen-bond donors (Lipinski definition) is 2. The Balaban J connectivity index is 1.86. The number of hydrogen-bond acceptors (Lipinski definition) is 3. The zero-order chi connectivity index (χ0) is 14.5. The SMILES string of the molecule is Cc1ccc(C(O)CCC(=O)N2CCNCC2)cc1C. The highest BCUT2D eigenvalue weighted by Crippen LogP contribution is 2.21. The van der Waals surface area contributed by atoms with Crippen LogP contribution in [0.25, 0.3) is 0 Å². The molecule has 1 unspecified atom stereocenters. The fraction of sp³-hybridized carbons (Fsp3) is 0.562. The average molecular weight is 276 g/mol. The lowest BCUT2D eigenvalue weighted by molar-refractivity contribution is -0.132. The van der Waals surface area contributed by atoms with Crippen molar-refractivity contribution in [2.75, 3.05) is 26.2 Å². The number of amides is 1. The van der Waals surface area contributed by atoms with Crippen molar-refractivity contribution in [3.8, 4) is 0 Å². The molecule has 0 spiro atoms. The van der Waals surface area contributed by atoms with Crippen LogP contribution >= 0.6 is 0 Å². The summed E-state index contributed by atoms with van der Waals surface area (Å²) >= 11 is 0. The Kier molecular flexibility index (Phi) is 5.15. The predicted molar refractivity (Wildman–Crippen MR) is 79.6 cm³/mol. The number of benzene rings is 1. The molecule has 1 aromatic carbocycles. The summed E-state index contributed by atoms with van der Waals surface area (Å²) in [6.45, 7) is 7.38. The average Bonchev–Trinajstić information content (AvgIpc) is 2.48. The lowest BCUT2D eigenvalue weighted by Gasteiger charge is -2.27. The van der Waals surface area contributed by atoms with Crippen molar-refractivity contribution in [1.29, 1.82) is 0 Å². The number of rotatable bonds is 4. The second kappa shape index (κ2) is 6.86. The number of nitrogens with zero attached hydrogens (tertiary/aromatic N) is 1. The minimum absolute atomic E-state index is 0.148. The zero-order valence-electron chi connectivity index (χ0n) is 12.4. The van der Waals surface area contributed by atoms with Gasteiger partial charge in [-0.2, -0.15) is 0 Å². The molecule has 1 aromatic rings. The van der Waals surface area contributed by atoms with Crippen LogP contribution in [0, 0.1) is 13.8 Å². The molecule has 0 aliphatic carbocycles. The van der Waals surface area contributed by atoms with Gasteiger partial charge in [-0.15, -0.1) is 0 Å². The number of carbonyl (C=O) groups excluding carboxylic acids is 1. The van der Waals surface area contributed by atoms with Crippen LogP contribution in [0.5, 0.6) is 0 Å². The molecular weight excluding hydrogens is 252 g/mol. The Morgan fingerprint density at radius 1 is 1.30 bits per heavy atom. The lowest BCUT2D eigenvalue weighted by atomic mass is 10.00. The van der Waals surface area contributed by atoms with Gasteiger partial charge in [-0.1, -0.05) is 18.2 Å². The summed E-state index contributed by atoms with van der Waals surface area (Å²) in [7, 11) is 0. The van der Waals surface area contributed by atoms with Gasteiger partial charge in [0.25, 0.3) is 0 Å². The van der Waals surface area contributed by atoms with E-state index in [-0.39, 0.29) is 5.91 Å². The summed E-state index contributed by atoms with van der Waals surface area (Å²) < 4.78 is 0. The fourth-order valence-electron chi connectivity index (χ4n) is 2.47. The normalized spacial score (nSPS) is 17.1. The van der Waals surface area contributed by atoms with E-state index in [4.69, 9.17) is 0 Å². The van der Waals surface area contributed by atoms with E-state index in [1.807, 2.05) is 30.0 Å². The molecule has 1 fully saturated rings. The van der Waals surface area contributed by atoms with Crippen LogP contribution in [-0.4, -0.2) is 42.1 Å². The molecule has 4 heteroatoms. The monoisotopic (exact) mass is 276 g/mol. The number of aliphatic hydroxyl groups excluding tert-OH is 1. The number of nitrogens with one attached hydrogen (secondary N) is 1. The minimum Gasteiger partial charge on any atom is -0.388 e. The molecule has 2 rings (SSSR count). The van der Waals surface area contributed by atoms with E-state index in [1.165, 1.54) is 11.1 Å². The predicted octanol–water partition coefficient (Wildman–Crippen LogP) is 1.55. The third-order valence-electron chi connectivity index (χ3n) is 4.02. The van der Waals surface area contributed by atoms with Crippen molar-refractivity contribution < 1.29 is 9.90 Å². The van der Waals surface area contributed by atoms with E-state index in [2.05, 4.69) is 12.2 Å². The van der Waals surface area contributed by atoms with E-state index >= 15 is 0 Å². The zero-order valence-corrected chi connectivity index (χ0v) is 12.4. The Hall–Kier alpha value is -1.39. The Morgan fingerprint density at radius 3 is 2.65 bits per heavy atom. The van der Waals surface area contributed by atoms with Crippen molar-refractivity contribution in [3.63, 3.8) is 0 Å². The fourth-order valence-corrected chi connectivity index (χ4v) is 2.47. The van der Waals surface area contributed by atoms with Crippen molar-refractivity contribution in [2.45, 2.75) is 32.8 Å². The summed E-state index contributed by atoms with van der Waals surface area (Å²) in [5.74, 6) is 0.148. The van der Waals surface area contributed by atoms with Gasteiger partial charge in [0.15, 0.2) is 0 Å². The van der Waals surface area contributed by atoms with Gasteiger partial charge in [0.05, 0.1) is 6.10 Å². The quantitative estimate of drug-likeness (QED) is 0.877. The van der Waals surface area contributed by atoms with Gasteiger partial charge in [-0.3, -0.25) is 4.79 Å². The molecule has 110 valence electrons. The number of aryl methyl sites for hydroxylation is 2. The van der Waals surface area contributed by atoms with Crippen molar-refractivity contribution in [3.05, 3.63) is 34.9 Å². The van der Waals surface area contributed by atoms with E-state index in [0.717, 1.165) is 31.7 Å². The molecule has 4 nitrogen and oxygen atoms in total. The molecule has 1 amide bonds. The maximum Gasteiger partial charge on any atom is 0.222 e. The highest BCUT2D eigenvalue weighted by Gasteiger charge is 2.18. The Bertz CT molecular complexity index is 468. The highest BCUT2D eigenvalue weighted by atomic mass is 16.3. The first-order valence-electron chi connectivity index (χ1n) is 7.31. The van der Waals surface area contributed by atoms with E-state index in [1.54, 1.807) is 0 Å². The Morgan fingerprint density at radius 2 is 2.00 bits per heavy atom. The van der Waals surface area contributed by atoms with Crippen LogP contribution in [0.15, 0.2) is 18.2 Å². The first kappa shape index (κ1) is 15.0. The molecule has 0 radical (unpaired) electrons.